The Morgan fingerprint density at radius 1 is 0.857 bits per heavy atom. The molecule has 3 aliphatic heterocycles. The van der Waals surface area contributed by atoms with E-state index in [4.69, 9.17) is 37.9 Å². The van der Waals surface area contributed by atoms with Gasteiger partial charge in [-0.3, -0.25) is 19.2 Å². The van der Waals surface area contributed by atoms with Crippen LogP contribution in [0.3, 0.4) is 0 Å². The number of allylic oxidation sites excluding steroid dienone is 2. The van der Waals surface area contributed by atoms with Gasteiger partial charge in [-0.15, -0.1) is 13.2 Å². The fourth-order valence-corrected chi connectivity index (χ4v) is 9.58. The topological polar surface area (TPSA) is 206 Å². The molecule has 0 aromatic rings. The maximum absolute atomic E-state index is 14.6. The molecule has 3 aliphatic rings. The summed E-state index contributed by atoms with van der Waals surface area (Å²) in [4.78, 5) is 57.4. The highest BCUT2D eigenvalue weighted by molar-refractivity contribution is 5.84. The third-order valence-corrected chi connectivity index (χ3v) is 13.4. The first kappa shape index (κ1) is 54.5. The van der Waals surface area contributed by atoms with E-state index in [0.29, 0.717) is 19.3 Å². The average Bonchev–Trinajstić information content (AvgIpc) is 3.21. The minimum Gasteiger partial charge on any atom is -0.459 e. The summed E-state index contributed by atoms with van der Waals surface area (Å²) in [6.45, 7) is 23.7. The van der Waals surface area contributed by atoms with E-state index in [0.717, 1.165) is 0 Å². The van der Waals surface area contributed by atoms with Crippen molar-refractivity contribution in [1.29, 1.82) is 0 Å². The van der Waals surface area contributed by atoms with E-state index in [9.17, 15) is 34.5 Å². The molecule has 3 saturated heterocycles. The first-order valence-electron chi connectivity index (χ1n) is 22.6. The molecule has 3 rings (SSSR count). The molecule has 18 atom stereocenters. The van der Waals surface area contributed by atoms with Crippen LogP contribution in [0.25, 0.3) is 0 Å². The maximum Gasteiger partial charge on any atom is 0.311 e. The number of esters is 3. The van der Waals surface area contributed by atoms with Gasteiger partial charge in [0.1, 0.15) is 29.7 Å². The lowest BCUT2D eigenvalue weighted by Gasteiger charge is -2.49. The molecule has 3 fully saturated rings. The number of carbonyl (C=O) groups excluding carboxylic acids is 4. The van der Waals surface area contributed by atoms with Crippen molar-refractivity contribution in [2.24, 2.45) is 23.7 Å². The number of Topliss-reactive ketones (excluding diaryl/α,β-unsaturated/α-hetero) is 1. The number of rotatable bonds is 15. The van der Waals surface area contributed by atoms with Crippen LogP contribution in [-0.4, -0.2) is 149 Å². The highest BCUT2D eigenvalue weighted by atomic mass is 16.7. The van der Waals surface area contributed by atoms with Crippen molar-refractivity contribution in [2.45, 2.75) is 205 Å². The molecule has 0 unspecified atom stereocenters. The zero-order chi connectivity index (χ0) is 47.8. The number of carbonyl (C=O) groups is 4. The Kier molecular flexibility index (Phi) is 20.0. The van der Waals surface area contributed by atoms with Crippen LogP contribution in [0.15, 0.2) is 25.3 Å². The van der Waals surface area contributed by atoms with Crippen LogP contribution in [0.5, 0.6) is 0 Å². The molecule has 16 nitrogen and oxygen atoms in total. The lowest BCUT2D eigenvalue weighted by atomic mass is 9.74. The predicted octanol–water partition coefficient (Wildman–Crippen LogP) is 4.82. The quantitative estimate of drug-likeness (QED) is 0.115. The van der Waals surface area contributed by atoms with E-state index in [2.05, 4.69) is 13.2 Å². The molecule has 16 heteroatoms. The van der Waals surface area contributed by atoms with E-state index in [1.54, 1.807) is 53.7 Å². The summed E-state index contributed by atoms with van der Waals surface area (Å²) in [7, 11) is 5.19. The molecule has 3 N–H and O–H groups in total. The molecule has 0 aliphatic carbocycles. The van der Waals surface area contributed by atoms with Crippen molar-refractivity contribution in [2.75, 3.05) is 21.2 Å². The van der Waals surface area contributed by atoms with E-state index in [1.807, 2.05) is 25.9 Å². The van der Waals surface area contributed by atoms with Crippen molar-refractivity contribution in [3.8, 4) is 0 Å². The van der Waals surface area contributed by atoms with E-state index in [1.165, 1.54) is 27.9 Å². The molecule has 0 saturated carbocycles. The fourth-order valence-electron chi connectivity index (χ4n) is 9.58. The number of ketones is 1. The number of ether oxygens (including phenoxy) is 8. The molecule has 0 spiro atoms. The van der Waals surface area contributed by atoms with Crippen LogP contribution in [0.1, 0.15) is 121 Å². The van der Waals surface area contributed by atoms with Gasteiger partial charge in [0.2, 0.25) is 0 Å². The predicted molar refractivity (Wildman–Crippen MR) is 233 cm³/mol. The van der Waals surface area contributed by atoms with Gasteiger partial charge in [0, 0.05) is 38.2 Å². The Labute approximate surface area is 375 Å². The summed E-state index contributed by atoms with van der Waals surface area (Å²) in [6, 6.07) is -0.368. The summed E-state index contributed by atoms with van der Waals surface area (Å²) >= 11 is 0. The molecular formula is C47H79NO15. The van der Waals surface area contributed by atoms with E-state index in [-0.39, 0.29) is 44.2 Å². The van der Waals surface area contributed by atoms with Gasteiger partial charge in [-0.1, -0.05) is 39.8 Å². The van der Waals surface area contributed by atoms with Crippen LogP contribution in [0.4, 0.5) is 0 Å². The zero-order valence-corrected chi connectivity index (χ0v) is 40.1. The molecule has 0 aromatic heterocycles. The van der Waals surface area contributed by atoms with Crippen LogP contribution in [0.2, 0.25) is 0 Å². The number of likely N-dealkylation sites (N-methyl/N-ethyl adjacent to an activating group) is 1. The summed E-state index contributed by atoms with van der Waals surface area (Å²) in [5, 5.41) is 36.2. The molecule has 0 aromatic carbocycles. The van der Waals surface area contributed by atoms with Gasteiger partial charge >= 0.3 is 17.9 Å². The third-order valence-electron chi connectivity index (χ3n) is 13.4. The third kappa shape index (κ3) is 13.4. The Bertz CT molecular complexity index is 1550. The Morgan fingerprint density at radius 2 is 1.44 bits per heavy atom. The summed E-state index contributed by atoms with van der Waals surface area (Å²) in [5.41, 5.74) is -5.07. The summed E-state index contributed by atoms with van der Waals surface area (Å²) in [6.07, 6.45) is -6.35. The number of aliphatic hydroxyl groups is 3. The minimum absolute atomic E-state index is 0.0486. The highest BCUT2D eigenvalue weighted by Gasteiger charge is 2.55. The molecule has 63 heavy (non-hydrogen) atoms. The van der Waals surface area contributed by atoms with Crippen LogP contribution >= 0.6 is 0 Å². The van der Waals surface area contributed by atoms with Gasteiger partial charge in [-0.2, -0.15) is 0 Å². The number of aliphatic hydroxyl groups excluding tert-OH is 1. The van der Waals surface area contributed by atoms with Crippen LogP contribution in [0, 0.1) is 23.7 Å². The first-order valence-corrected chi connectivity index (χ1v) is 22.6. The number of nitrogens with zero attached hydrogens (tertiary/aromatic N) is 1. The van der Waals surface area contributed by atoms with Gasteiger partial charge in [-0.25, -0.2) is 0 Å². The van der Waals surface area contributed by atoms with Crippen LogP contribution in [-0.2, 0) is 57.1 Å². The van der Waals surface area contributed by atoms with Crippen molar-refractivity contribution >= 4 is 23.7 Å². The molecule has 0 bridgehead atoms. The standard InChI is InChI=1S/C47H79NO15/c1-16-19-21-34(49)60-39-32(48(13)14)23-27(5)57-44(39)63-41-29(7)38(62-36-25-46(11,56-15)40(52)31(9)58-36)30(8)43(53)59-33(18-3)47(12,55)42(61-35(50)22-20-17-2)28(6)37(51)26(4)24-45(41,10)54/h16-17,26-33,36,38-42,44,52,54-55H,1-2,18-25H2,3-15H3/t26-,27-,28+,29+,30-,31+,32+,33-,36+,38+,39-,40+,41-,42-,44+,45+,46-,47+/m1/s1. The van der Waals surface area contributed by atoms with Crippen molar-refractivity contribution in [3.05, 3.63) is 25.3 Å². The molecule has 3 heterocycles. The average molecular weight is 898 g/mol. The van der Waals surface area contributed by atoms with Gasteiger partial charge in [0.05, 0.1) is 53.5 Å². The molecular weight excluding hydrogens is 819 g/mol. The van der Waals surface area contributed by atoms with E-state index < -0.39 is 119 Å². The lowest BCUT2D eigenvalue weighted by Crippen LogP contribution is -2.62. The Hall–Kier alpha value is -2.80. The summed E-state index contributed by atoms with van der Waals surface area (Å²) in [5.74, 6) is -6.54. The smallest absolute Gasteiger partial charge is 0.311 e. The van der Waals surface area contributed by atoms with Gasteiger partial charge < -0.3 is 58.1 Å². The van der Waals surface area contributed by atoms with E-state index >= 15 is 0 Å². The van der Waals surface area contributed by atoms with Gasteiger partial charge in [0.15, 0.2) is 18.7 Å². The lowest BCUT2D eigenvalue weighted by molar-refractivity contribution is -0.319. The molecule has 0 amide bonds. The largest absolute Gasteiger partial charge is 0.459 e. The second-order valence-corrected chi connectivity index (χ2v) is 19.1. The Morgan fingerprint density at radius 3 is 1.98 bits per heavy atom. The normalized spacial score (nSPS) is 42.1. The summed E-state index contributed by atoms with van der Waals surface area (Å²) < 4.78 is 50.2. The maximum atomic E-state index is 14.6. The fraction of sp³-hybridized carbons (Fsp3) is 0.830. The van der Waals surface area contributed by atoms with Crippen molar-refractivity contribution in [1.82, 2.24) is 4.90 Å². The highest BCUT2D eigenvalue weighted by Crippen LogP contribution is 2.41. The second-order valence-electron chi connectivity index (χ2n) is 19.1. The van der Waals surface area contributed by atoms with Gasteiger partial charge in [-0.05, 0) is 87.7 Å². The van der Waals surface area contributed by atoms with Gasteiger partial charge in [0.25, 0.3) is 0 Å². The number of hydrogen-bond donors (Lipinski definition) is 3. The second kappa shape index (κ2) is 23.1. The zero-order valence-electron chi connectivity index (χ0n) is 40.1. The number of hydrogen-bond acceptors (Lipinski definition) is 16. The first-order chi connectivity index (χ1) is 29.3. The van der Waals surface area contributed by atoms with Crippen LogP contribution < -0.4 is 0 Å². The number of methoxy groups -OCH3 is 1. The van der Waals surface area contributed by atoms with Crippen molar-refractivity contribution < 1.29 is 72.4 Å². The monoisotopic (exact) mass is 898 g/mol. The SMILES string of the molecule is C=CCCC(=O)O[C@H]1[C@H](O[C@@H]2[C@@H](C)[C@H](O[C@H]3C[C@@](C)(OC)[C@@H](O)[C@H](C)O3)[C@@H](C)C(=O)O[C@H](CC)[C@](C)(O)[C@H](OC(=O)CCC=C)[C@@H](C)C(=O)[C@H](C)C[C@]2(C)O)O[C@H](C)C[C@@H]1N(C)C. The Balaban J connectivity index is 2.28. The minimum atomic E-state index is -2.06. The molecule has 0 radical (unpaired) electrons. The molecule has 362 valence electrons. The van der Waals surface area contributed by atoms with Crippen molar-refractivity contribution in [3.63, 3.8) is 0 Å². The number of cyclic esters (lactones) is 1.